The topological polar surface area (TPSA) is 59.0 Å². The Balaban J connectivity index is 1.74. The zero-order chi connectivity index (χ0) is 12.1. The maximum atomic E-state index is 11.4. The molecule has 0 bridgehead atoms. The molecule has 1 atom stereocenters. The predicted molar refractivity (Wildman–Crippen MR) is 65.6 cm³/mol. The van der Waals surface area contributed by atoms with Gasteiger partial charge >= 0.3 is 0 Å². The molecular weight excluding hydrogens is 216 g/mol. The fraction of sp³-hybridized carbons (Fsp3) is 0.667. The highest BCUT2D eigenvalue weighted by Crippen LogP contribution is 2.06. The summed E-state index contributed by atoms with van der Waals surface area (Å²) in [5.74, 6) is 0.167. The SMILES string of the molecule is Cn1nccc1CCNC1CCCNC(=O)C1. The van der Waals surface area contributed by atoms with Crippen LogP contribution in [-0.4, -0.2) is 34.8 Å². The van der Waals surface area contributed by atoms with Gasteiger partial charge in [0.1, 0.15) is 0 Å². The van der Waals surface area contributed by atoms with E-state index in [1.54, 1.807) is 0 Å². The Kier molecular flexibility index (Phi) is 4.14. The molecule has 1 saturated heterocycles. The molecule has 1 aliphatic rings. The van der Waals surface area contributed by atoms with Crippen molar-refractivity contribution >= 4 is 5.91 Å². The number of aromatic nitrogens is 2. The van der Waals surface area contributed by atoms with E-state index in [-0.39, 0.29) is 5.91 Å². The lowest BCUT2D eigenvalue weighted by atomic mass is 10.1. The zero-order valence-corrected chi connectivity index (χ0v) is 10.3. The molecule has 0 radical (unpaired) electrons. The van der Waals surface area contributed by atoms with Gasteiger partial charge in [0, 0.05) is 50.9 Å². The van der Waals surface area contributed by atoms with Crippen LogP contribution >= 0.6 is 0 Å². The van der Waals surface area contributed by atoms with E-state index in [0.717, 1.165) is 32.4 Å². The number of rotatable bonds is 4. The fourth-order valence-electron chi connectivity index (χ4n) is 2.20. The summed E-state index contributed by atoms with van der Waals surface area (Å²) in [5, 5.41) is 10.5. The molecule has 1 amide bonds. The minimum Gasteiger partial charge on any atom is -0.356 e. The van der Waals surface area contributed by atoms with Crippen LogP contribution in [0.1, 0.15) is 25.0 Å². The number of carbonyl (C=O) groups excluding carboxylic acids is 1. The molecule has 5 nitrogen and oxygen atoms in total. The Morgan fingerprint density at radius 2 is 2.53 bits per heavy atom. The van der Waals surface area contributed by atoms with Crippen molar-refractivity contribution in [1.82, 2.24) is 20.4 Å². The summed E-state index contributed by atoms with van der Waals surface area (Å²) in [7, 11) is 1.95. The first kappa shape index (κ1) is 12.1. The lowest BCUT2D eigenvalue weighted by Gasteiger charge is -2.14. The van der Waals surface area contributed by atoms with Crippen LogP contribution in [0.5, 0.6) is 0 Å². The molecule has 1 aromatic rings. The molecule has 2 N–H and O–H groups in total. The van der Waals surface area contributed by atoms with Gasteiger partial charge in [-0.05, 0) is 18.9 Å². The molecule has 1 unspecified atom stereocenters. The van der Waals surface area contributed by atoms with Crippen molar-refractivity contribution in [3.8, 4) is 0 Å². The van der Waals surface area contributed by atoms with Crippen molar-refractivity contribution in [3.63, 3.8) is 0 Å². The molecule has 2 rings (SSSR count). The van der Waals surface area contributed by atoms with Gasteiger partial charge in [0.2, 0.25) is 5.91 Å². The van der Waals surface area contributed by atoms with Crippen molar-refractivity contribution in [2.45, 2.75) is 31.7 Å². The minimum atomic E-state index is 0.167. The summed E-state index contributed by atoms with van der Waals surface area (Å²) < 4.78 is 1.89. The average molecular weight is 236 g/mol. The summed E-state index contributed by atoms with van der Waals surface area (Å²) in [6, 6.07) is 2.35. The second-order valence-corrected chi connectivity index (χ2v) is 4.54. The lowest BCUT2D eigenvalue weighted by Crippen LogP contribution is -2.34. The molecular formula is C12H20N4O. The first-order valence-electron chi connectivity index (χ1n) is 6.22. The third-order valence-electron chi connectivity index (χ3n) is 3.22. The third-order valence-corrected chi connectivity index (χ3v) is 3.22. The van der Waals surface area contributed by atoms with E-state index in [2.05, 4.69) is 15.7 Å². The van der Waals surface area contributed by atoms with Crippen LogP contribution in [0.15, 0.2) is 12.3 Å². The van der Waals surface area contributed by atoms with E-state index >= 15 is 0 Å². The molecule has 0 saturated carbocycles. The second-order valence-electron chi connectivity index (χ2n) is 4.54. The lowest BCUT2D eigenvalue weighted by molar-refractivity contribution is -0.121. The molecule has 0 aliphatic carbocycles. The monoisotopic (exact) mass is 236 g/mol. The molecule has 0 aromatic carbocycles. The van der Waals surface area contributed by atoms with Gasteiger partial charge < -0.3 is 10.6 Å². The number of aryl methyl sites for hydroxylation is 1. The highest BCUT2D eigenvalue weighted by molar-refractivity contribution is 5.76. The second kappa shape index (κ2) is 5.82. The van der Waals surface area contributed by atoms with Crippen LogP contribution in [0.2, 0.25) is 0 Å². The normalized spacial score (nSPS) is 21.0. The van der Waals surface area contributed by atoms with Crippen LogP contribution < -0.4 is 10.6 Å². The first-order valence-corrected chi connectivity index (χ1v) is 6.22. The summed E-state index contributed by atoms with van der Waals surface area (Å²) in [5.41, 5.74) is 1.22. The summed E-state index contributed by atoms with van der Waals surface area (Å²) in [6.07, 6.45) is 5.51. The molecule has 1 fully saturated rings. The Bertz CT molecular complexity index is 374. The number of nitrogens with one attached hydrogen (secondary N) is 2. The maximum Gasteiger partial charge on any atom is 0.221 e. The maximum absolute atomic E-state index is 11.4. The molecule has 17 heavy (non-hydrogen) atoms. The quantitative estimate of drug-likeness (QED) is 0.786. The van der Waals surface area contributed by atoms with Gasteiger partial charge in [0.05, 0.1) is 0 Å². The van der Waals surface area contributed by atoms with Crippen molar-refractivity contribution in [2.75, 3.05) is 13.1 Å². The molecule has 1 aromatic heterocycles. The number of nitrogens with zero attached hydrogens (tertiary/aromatic N) is 2. The third kappa shape index (κ3) is 3.56. The van der Waals surface area contributed by atoms with Gasteiger partial charge in [0.25, 0.3) is 0 Å². The smallest absolute Gasteiger partial charge is 0.221 e. The molecule has 2 heterocycles. The van der Waals surface area contributed by atoms with Gasteiger partial charge in [-0.1, -0.05) is 0 Å². The van der Waals surface area contributed by atoms with E-state index in [4.69, 9.17) is 0 Å². The Morgan fingerprint density at radius 3 is 3.29 bits per heavy atom. The van der Waals surface area contributed by atoms with Crippen LogP contribution in [0.3, 0.4) is 0 Å². The molecule has 0 spiro atoms. The molecule has 1 aliphatic heterocycles. The molecule has 94 valence electrons. The average Bonchev–Trinajstić information content (AvgIpc) is 2.58. The standard InChI is InChI=1S/C12H20N4O/c1-16-11(5-8-15-16)4-7-13-10-3-2-6-14-12(17)9-10/h5,8,10,13H,2-4,6-7,9H2,1H3,(H,14,17). The Labute approximate surface area is 102 Å². The fourth-order valence-corrected chi connectivity index (χ4v) is 2.20. The van der Waals surface area contributed by atoms with E-state index in [1.807, 2.05) is 24.0 Å². The largest absolute Gasteiger partial charge is 0.356 e. The van der Waals surface area contributed by atoms with Crippen molar-refractivity contribution < 1.29 is 4.79 Å². The van der Waals surface area contributed by atoms with Gasteiger partial charge in [-0.3, -0.25) is 9.48 Å². The first-order chi connectivity index (χ1) is 8.25. The Morgan fingerprint density at radius 1 is 1.65 bits per heavy atom. The van der Waals surface area contributed by atoms with E-state index in [0.29, 0.717) is 12.5 Å². The molecule has 5 heteroatoms. The minimum absolute atomic E-state index is 0.167. The number of amides is 1. The number of hydrogen-bond donors (Lipinski definition) is 2. The van der Waals surface area contributed by atoms with Gasteiger partial charge in [-0.25, -0.2) is 0 Å². The summed E-state index contributed by atoms with van der Waals surface area (Å²) in [4.78, 5) is 11.4. The van der Waals surface area contributed by atoms with Crippen molar-refractivity contribution in [1.29, 1.82) is 0 Å². The number of carbonyl (C=O) groups is 1. The van der Waals surface area contributed by atoms with E-state index in [9.17, 15) is 4.79 Å². The highest BCUT2D eigenvalue weighted by atomic mass is 16.1. The van der Waals surface area contributed by atoms with Gasteiger partial charge in [-0.2, -0.15) is 5.10 Å². The zero-order valence-electron chi connectivity index (χ0n) is 10.3. The summed E-state index contributed by atoms with van der Waals surface area (Å²) >= 11 is 0. The van der Waals surface area contributed by atoms with Gasteiger partial charge in [-0.15, -0.1) is 0 Å². The van der Waals surface area contributed by atoms with Gasteiger partial charge in [0.15, 0.2) is 0 Å². The van der Waals surface area contributed by atoms with Crippen molar-refractivity contribution in [3.05, 3.63) is 18.0 Å². The van der Waals surface area contributed by atoms with E-state index < -0.39 is 0 Å². The van der Waals surface area contributed by atoms with Crippen LogP contribution in [0.4, 0.5) is 0 Å². The summed E-state index contributed by atoms with van der Waals surface area (Å²) in [6.45, 7) is 1.72. The Hall–Kier alpha value is -1.36. The predicted octanol–water partition coefficient (Wildman–Crippen LogP) is 0.221. The van der Waals surface area contributed by atoms with Crippen molar-refractivity contribution in [2.24, 2.45) is 7.05 Å². The van der Waals surface area contributed by atoms with Crippen LogP contribution in [0, 0.1) is 0 Å². The highest BCUT2D eigenvalue weighted by Gasteiger charge is 2.16. The van der Waals surface area contributed by atoms with Crippen LogP contribution in [-0.2, 0) is 18.3 Å². The van der Waals surface area contributed by atoms with Crippen LogP contribution in [0.25, 0.3) is 0 Å². The number of hydrogen-bond acceptors (Lipinski definition) is 3. The van der Waals surface area contributed by atoms with E-state index in [1.165, 1.54) is 5.69 Å².